The highest BCUT2D eigenvalue weighted by molar-refractivity contribution is 6.33. The van der Waals surface area contributed by atoms with Gasteiger partial charge in [0.25, 0.3) is 17.7 Å². The lowest BCUT2D eigenvalue weighted by Crippen LogP contribution is -2.38. The monoisotopic (exact) mass is 378 g/mol. The Morgan fingerprint density at radius 2 is 1.44 bits per heavy atom. The Hall–Kier alpha value is -3.18. The van der Waals surface area contributed by atoms with Gasteiger partial charge in [-0.25, -0.2) is 0 Å². The van der Waals surface area contributed by atoms with Gasteiger partial charge in [0.1, 0.15) is 0 Å². The molecule has 1 heterocycles. The van der Waals surface area contributed by atoms with Crippen LogP contribution in [0.25, 0.3) is 10.8 Å². The van der Waals surface area contributed by atoms with E-state index < -0.39 is 0 Å². The van der Waals surface area contributed by atoms with E-state index >= 15 is 0 Å². The van der Waals surface area contributed by atoms with Gasteiger partial charge in [-0.15, -0.1) is 0 Å². The molecule has 0 fully saturated rings. The number of halogens is 1. The molecule has 1 aliphatic heterocycles. The predicted molar refractivity (Wildman–Crippen MR) is 103 cm³/mol. The summed E-state index contributed by atoms with van der Waals surface area (Å²) in [5.74, 6) is -1.02. The van der Waals surface area contributed by atoms with Crippen molar-refractivity contribution in [2.45, 2.75) is 0 Å². The van der Waals surface area contributed by atoms with Crippen molar-refractivity contribution in [3.8, 4) is 0 Å². The molecule has 0 saturated carbocycles. The Morgan fingerprint density at radius 3 is 2.04 bits per heavy atom. The molecule has 134 valence electrons. The average molecular weight is 379 g/mol. The summed E-state index contributed by atoms with van der Waals surface area (Å²) in [4.78, 5) is 38.6. The second-order valence-corrected chi connectivity index (χ2v) is 6.65. The van der Waals surface area contributed by atoms with Gasteiger partial charge in [-0.1, -0.05) is 48.0 Å². The molecule has 0 radical (unpaired) electrons. The van der Waals surface area contributed by atoms with Crippen molar-refractivity contribution < 1.29 is 14.4 Å². The summed E-state index contributed by atoms with van der Waals surface area (Å²) < 4.78 is 0. The van der Waals surface area contributed by atoms with Crippen LogP contribution in [0, 0.1) is 0 Å². The minimum absolute atomic E-state index is 0.0961. The van der Waals surface area contributed by atoms with E-state index in [9.17, 15) is 14.4 Å². The van der Waals surface area contributed by atoms with Crippen molar-refractivity contribution in [2.24, 2.45) is 0 Å². The third-order valence-corrected chi connectivity index (χ3v) is 4.91. The molecule has 6 heteroatoms. The summed E-state index contributed by atoms with van der Waals surface area (Å²) in [5.41, 5.74) is 1.15. The van der Waals surface area contributed by atoms with Crippen LogP contribution in [0.3, 0.4) is 0 Å². The molecule has 0 aliphatic carbocycles. The number of fused-ring (bicyclic) bond motifs is 2. The van der Waals surface area contributed by atoms with Crippen LogP contribution < -0.4 is 5.32 Å². The lowest BCUT2D eigenvalue weighted by atomic mass is 10.0. The van der Waals surface area contributed by atoms with Crippen LogP contribution in [-0.2, 0) is 0 Å². The lowest BCUT2D eigenvalue weighted by molar-refractivity contribution is 0.0650. The van der Waals surface area contributed by atoms with Crippen LogP contribution in [0.5, 0.6) is 0 Å². The molecule has 27 heavy (non-hydrogen) atoms. The maximum Gasteiger partial charge on any atom is 0.261 e. The highest BCUT2D eigenvalue weighted by Crippen LogP contribution is 2.27. The Kier molecular flexibility index (Phi) is 4.38. The van der Waals surface area contributed by atoms with Crippen molar-refractivity contribution in [3.05, 3.63) is 82.4 Å². The summed E-state index contributed by atoms with van der Waals surface area (Å²) in [6.45, 7) is 0.244. The second-order valence-electron chi connectivity index (χ2n) is 6.24. The fourth-order valence-corrected chi connectivity index (χ4v) is 3.42. The normalized spacial score (nSPS) is 13.1. The van der Waals surface area contributed by atoms with Gasteiger partial charge in [-0.3, -0.25) is 19.3 Å². The first kappa shape index (κ1) is 17.2. The van der Waals surface area contributed by atoms with E-state index in [1.54, 1.807) is 36.4 Å². The van der Waals surface area contributed by atoms with Gasteiger partial charge in [-0.05, 0) is 35.0 Å². The largest absolute Gasteiger partial charge is 0.350 e. The van der Waals surface area contributed by atoms with Crippen LogP contribution in [0.1, 0.15) is 31.1 Å². The summed E-state index contributed by atoms with van der Waals surface area (Å²) in [7, 11) is 0. The molecule has 0 unspecified atom stereocenters. The summed E-state index contributed by atoms with van der Waals surface area (Å²) >= 11 is 6.00. The van der Waals surface area contributed by atoms with E-state index in [2.05, 4.69) is 5.32 Å². The first-order valence-electron chi connectivity index (χ1n) is 8.48. The molecule has 0 atom stereocenters. The summed E-state index contributed by atoms with van der Waals surface area (Å²) in [6, 6.07) is 17.8. The number of amides is 3. The quantitative estimate of drug-likeness (QED) is 0.706. The number of benzene rings is 3. The number of hydrogen-bond acceptors (Lipinski definition) is 3. The Morgan fingerprint density at radius 1 is 0.889 bits per heavy atom. The van der Waals surface area contributed by atoms with Gasteiger partial charge in [0.05, 0.1) is 21.7 Å². The molecule has 5 nitrogen and oxygen atoms in total. The summed E-state index contributed by atoms with van der Waals surface area (Å²) in [5, 5.41) is 4.86. The molecular weight excluding hydrogens is 364 g/mol. The molecule has 0 bridgehead atoms. The first-order valence-corrected chi connectivity index (χ1v) is 8.86. The van der Waals surface area contributed by atoms with E-state index in [4.69, 9.17) is 11.6 Å². The fraction of sp³-hybridized carbons (Fsp3) is 0.0952. The van der Waals surface area contributed by atoms with Gasteiger partial charge in [0.15, 0.2) is 0 Å². The Bertz CT molecular complexity index is 1040. The Labute approximate surface area is 160 Å². The average Bonchev–Trinajstić information content (AvgIpc) is 2.91. The highest BCUT2D eigenvalue weighted by atomic mass is 35.5. The van der Waals surface area contributed by atoms with Gasteiger partial charge >= 0.3 is 0 Å². The van der Waals surface area contributed by atoms with Crippen LogP contribution in [0.15, 0.2) is 60.7 Å². The molecule has 1 aliphatic rings. The topological polar surface area (TPSA) is 66.5 Å². The minimum Gasteiger partial charge on any atom is -0.350 e. The van der Waals surface area contributed by atoms with Crippen LogP contribution in [-0.4, -0.2) is 35.7 Å². The van der Waals surface area contributed by atoms with Gasteiger partial charge in [0, 0.05) is 13.1 Å². The summed E-state index contributed by atoms with van der Waals surface area (Å²) in [6.07, 6.45) is 0. The van der Waals surface area contributed by atoms with E-state index in [0.717, 1.165) is 15.7 Å². The molecule has 3 aromatic rings. The molecule has 3 amide bonds. The molecule has 1 N–H and O–H groups in total. The molecular formula is C21H15ClN2O3. The molecule has 4 rings (SSSR count). The van der Waals surface area contributed by atoms with Crippen molar-refractivity contribution in [3.63, 3.8) is 0 Å². The maximum absolute atomic E-state index is 12.6. The van der Waals surface area contributed by atoms with Gasteiger partial charge < -0.3 is 5.32 Å². The zero-order valence-electron chi connectivity index (χ0n) is 14.2. The fourth-order valence-electron chi connectivity index (χ4n) is 3.20. The molecule has 3 aromatic carbocycles. The van der Waals surface area contributed by atoms with Crippen molar-refractivity contribution in [1.82, 2.24) is 10.2 Å². The van der Waals surface area contributed by atoms with E-state index in [0.29, 0.717) is 21.7 Å². The third-order valence-electron chi connectivity index (χ3n) is 4.58. The van der Waals surface area contributed by atoms with Crippen molar-refractivity contribution in [1.29, 1.82) is 0 Å². The minimum atomic E-state index is -0.344. The smallest absolute Gasteiger partial charge is 0.261 e. The number of nitrogens with one attached hydrogen (secondary N) is 1. The number of imide groups is 1. The second kappa shape index (κ2) is 6.85. The molecule has 0 aromatic heterocycles. The Balaban J connectivity index is 1.48. The zero-order chi connectivity index (χ0) is 19.0. The van der Waals surface area contributed by atoms with E-state index in [1.807, 2.05) is 24.3 Å². The zero-order valence-corrected chi connectivity index (χ0v) is 15.0. The standard InChI is InChI=1S/C21H15ClN2O3/c22-18-8-4-3-7-15(18)19(25)23-9-10-24-20(26)16-11-13-5-1-2-6-14(13)12-17(16)21(24)27/h1-8,11-12H,9-10H2,(H,23,25). The van der Waals surface area contributed by atoms with E-state index in [-0.39, 0.29) is 30.8 Å². The van der Waals surface area contributed by atoms with Crippen molar-refractivity contribution in [2.75, 3.05) is 13.1 Å². The predicted octanol–water partition coefficient (Wildman–Crippen LogP) is 3.52. The van der Waals surface area contributed by atoms with Gasteiger partial charge in [-0.2, -0.15) is 0 Å². The van der Waals surface area contributed by atoms with Crippen molar-refractivity contribution >= 4 is 40.1 Å². The number of carbonyl (C=O) groups is 3. The van der Waals surface area contributed by atoms with E-state index in [1.165, 1.54) is 0 Å². The molecule has 0 spiro atoms. The number of nitrogens with zero attached hydrogens (tertiary/aromatic N) is 1. The number of rotatable bonds is 4. The highest BCUT2D eigenvalue weighted by Gasteiger charge is 2.35. The van der Waals surface area contributed by atoms with Crippen LogP contribution >= 0.6 is 11.6 Å². The SMILES string of the molecule is O=C(NCCN1C(=O)c2cc3ccccc3cc2C1=O)c1ccccc1Cl. The van der Waals surface area contributed by atoms with Gasteiger partial charge in [0.2, 0.25) is 0 Å². The number of hydrogen-bond donors (Lipinski definition) is 1. The molecule has 0 saturated heterocycles. The lowest BCUT2D eigenvalue weighted by Gasteiger charge is -2.14. The van der Waals surface area contributed by atoms with Crippen LogP contribution in [0.4, 0.5) is 0 Å². The third kappa shape index (κ3) is 3.06. The first-order chi connectivity index (χ1) is 13.1. The van der Waals surface area contributed by atoms with Crippen LogP contribution in [0.2, 0.25) is 5.02 Å². The number of carbonyl (C=O) groups excluding carboxylic acids is 3. The maximum atomic E-state index is 12.6.